The zero-order valence-corrected chi connectivity index (χ0v) is 12.2. The van der Waals surface area contributed by atoms with Crippen molar-refractivity contribution in [2.75, 3.05) is 49.6 Å². The quantitative estimate of drug-likeness (QED) is 0.899. The highest BCUT2D eigenvalue weighted by molar-refractivity contribution is 5.73. The molecule has 3 nitrogen and oxygen atoms in total. The van der Waals surface area contributed by atoms with Gasteiger partial charge in [0.2, 0.25) is 0 Å². The SMILES string of the molecule is CCC1(CN2CCN(C)c3ccccc32)CCNC1. The highest BCUT2D eigenvalue weighted by Crippen LogP contribution is 2.37. The van der Waals surface area contributed by atoms with E-state index in [1.165, 1.54) is 43.9 Å². The summed E-state index contributed by atoms with van der Waals surface area (Å²) in [7, 11) is 2.20. The van der Waals surface area contributed by atoms with Crippen molar-refractivity contribution in [2.45, 2.75) is 19.8 Å². The molecule has 19 heavy (non-hydrogen) atoms. The molecule has 0 aromatic heterocycles. The monoisotopic (exact) mass is 259 g/mol. The van der Waals surface area contributed by atoms with Crippen LogP contribution in [-0.2, 0) is 0 Å². The number of hydrogen-bond acceptors (Lipinski definition) is 3. The van der Waals surface area contributed by atoms with Gasteiger partial charge >= 0.3 is 0 Å². The van der Waals surface area contributed by atoms with E-state index in [2.05, 4.69) is 53.4 Å². The Labute approximate surface area is 116 Å². The predicted molar refractivity (Wildman–Crippen MR) is 82.1 cm³/mol. The lowest BCUT2D eigenvalue weighted by Crippen LogP contribution is -2.45. The Bertz CT molecular complexity index is 437. The number of fused-ring (bicyclic) bond motifs is 1. The Morgan fingerprint density at radius 3 is 2.68 bits per heavy atom. The molecule has 1 fully saturated rings. The zero-order chi connectivity index (χ0) is 13.3. The van der Waals surface area contributed by atoms with Crippen molar-refractivity contribution in [1.82, 2.24) is 5.32 Å². The fourth-order valence-electron chi connectivity index (χ4n) is 3.48. The maximum Gasteiger partial charge on any atom is 0.0604 e. The first-order valence-electron chi connectivity index (χ1n) is 7.50. The van der Waals surface area contributed by atoms with E-state index < -0.39 is 0 Å². The third-order valence-corrected chi connectivity index (χ3v) is 4.95. The van der Waals surface area contributed by atoms with E-state index in [9.17, 15) is 0 Å². The molecule has 3 rings (SSSR count). The third-order valence-electron chi connectivity index (χ3n) is 4.95. The molecule has 0 radical (unpaired) electrons. The molecule has 104 valence electrons. The molecule has 2 heterocycles. The first-order chi connectivity index (χ1) is 9.24. The van der Waals surface area contributed by atoms with Crippen LogP contribution in [0.1, 0.15) is 19.8 Å². The Morgan fingerprint density at radius 2 is 2.00 bits per heavy atom. The van der Waals surface area contributed by atoms with Crippen LogP contribution in [0.15, 0.2) is 24.3 Å². The van der Waals surface area contributed by atoms with Crippen LogP contribution in [0.5, 0.6) is 0 Å². The summed E-state index contributed by atoms with van der Waals surface area (Å²) in [6, 6.07) is 8.83. The minimum absolute atomic E-state index is 0.475. The largest absolute Gasteiger partial charge is 0.371 e. The van der Waals surface area contributed by atoms with Gasteiger partial charge in [-0.05, 0) is 31.5 Å². The first-order valence-corrected chi connectivity index (χ1v) is 7.50. The van der Waals surface area contributed by atoms with Crippen LogP contribution in [0.2, 0.25) is 0 Å². The molecular weight excluding hydrogens is 234 g/mol. The molecule has 2 aliphatic heterocycles. The van der Waals surface area contributed by atoms with Gasteiger partial charge in [-0.25, -0.2) is 0 Å². The van der Waals surface area contributed by atoms with Crippen LogP contribution in [0.3, 0.4) is 0 Å². The molecule has 1 N–H and O–H groups in total. The van der Waals surface area contributed by atoms with Gasteiger partial charge in [-0.1, -0.05) is 19.1 Å². The van der Waals surface area contributed by atoms with Gasteiger partial charge in [0.05, 0.1) is 11.4 Å². The van der Waals surface area contributed by atoms with Crippen molar-refractivity contribution in [1.29, 1.82) is 0 Å². The number of likely N-dealkylation sites (N-methyl/N-ethyl adjacent to an activating group) is 1. The summed E-state index contributed by atoms with van der Waals surface area (Å²) in [6.07, 6.45) is 2.59. The Kier molecular flexibility index (Phi) is 3.40. The van der Waals surface area contributed by atoms with E-state index in [1.54, 1.807) is 0 Å². The highest BCUT2D eigenvalue weighted by Gasteiger charge is 2.35. The zero-order valence-electron chi connectivity index (χ0n) is 12.2. The van der Waals surface area contributed by atoms with Crippen LogP contribution in [0, 0.1) is 5.41 Å². The summed E-state index contributed by atoms with van der Waals surface area (Å²) in [4.78, 5) is 4.98. The maximum absolute atomic E-state index is 3.55. The van der Waals surface area contributed by atoms with Crippen molar-refractivity contribution >= 4 is 11.4 Å². The summed E-state index contributed by atoms with van der Waals surface area (Å²) in [5.41, 5.74) is 3.27. The van der Waals surface area contributed by atoms with Crippen molar-refractivity contribution in [3.05, 3.63) is 24.3 Å². The molecule has 0 aliphatic carbocycles. The van der Waals surface area contributed by atoms with Crippen LogP contribution in [0.4, 0.5) is 11.4 Å². The molecule has 0 spiro atoms. The molecule has 1 atom stereocenters. The smallest absolute Gasteiger partial charge is 0.0604 e. The standard InChI is InChI=1S/C16H25N3/c1-3-16(8-9-17-12-16)13-19-11-10-18(2)14-6-4-5-7-15(14)19/h4-7,17H,3,8-13H2,1-2H3. The second-order valence-electron chi connectivity index (χ2n) is 6.11. The molecule has 3 heteroatoms. The normalized spacial score (nSPS) is 26.6. The van der Waals surface area contributed by atoms with Crippen LogP contribution >= 0.6 is 0 Å². The van der Waals surface area contributed by atoms with Gasteiger partial charge in [-0.15, -0.1) is 0 Å². The van der Waals surface area contributed by atoms with Crippen LogP contribution in [-0.4, -0.2) is 39.8 Å². The molecule has 1 aromatic rings. The topological polar surface area (TPSA) is 18.5 Å². The van der Waals surface area contributed by atoms with Gasteiger partial charge in [0.25, 0.3) is 0 Å². The van der Waals surface area contributed by atoms with Gasteiger partial charge in [0, 0.05) is 38.6 Å². The van der Waals surface area contributed by atoms with E-state index in [-0.39, 0.29) is 0 Å². The Balaban J connectivity index is 1.84. The lowest BCUT2D eigenvalue weighted by Gasteiger charge is -2.41. The Morgan fingerprint density at radius 1 is 1.21 bits per heavy atom. The lowest BCUT2D eigenvalue weighted by atomic mass is 9.83. The van der Waals surface area contributed by atoms with E-state index in [1.807, 2.05) is 0 Å². The lowest BCUT2D eigenvalue weighted by molar-refractivity contribution is 0.311. The van der Waals surface area contributed by atoms with Gasteiger partial charge in [0.15, 0.2) is 0 Å². The van der Waals surface area contributed by atoms with Crippen LogP contribution < -0.4 is 15.1 Å². The summed E-state index contributed by atoms with van der Waals surface area (Å²) in [5.74, 6) is 0. The number of hydrogen-bond donors (Lipinski definition) is 1. The number of anilines is 2. The van der Waals surface area contributed by atoms with E-state index in [0.717, 1.165) is 13.1 Å². The number of para-hydroxylation sites is 2. The summed E-state index contributed by atoms with van der Waals surface area (Å²) in [5, 5.41) is 3.55. The highest BCUT2D eigenvalue weighted by atomic mass is 15.3. The van der Waals surface area contributed by atoms with Crippen LogP contribution in [0.25, 0.3) is 0 Å². The van der Waals surface area contributed by atoms with Crippen molar-refractivity contribution in [3.8, 4) is 0 Å². The number of rotatable bonds is 3. The second-order valence-corrected chi connectivity index (χ2v) is 6.11. The molecule has 0 amide bonds. The van der Waals surface area contributed by atoms with Gasteiger partial charge in [0.1, 0.15) is 0 Å². The maximum atomic E-state index is 3.55. The molecular formula is C16H25N3. The van der Waals surface area contributed by atoms with E-state index in [0.29, 0.717) is 5.41 Å². The van der Waals surface area contributed by atoms with Crippen molar-refractivity contribution < 1.29 is 0 Å². The van der Waals surface area contributed by atoms with Gasteiger partial charge in [-0.3, -0.25) is 0 Å². The summed E-state index contributed by atoms with van der Waals surface area (Å²) >= 11 is 0. The molecule has 0 saturated carbocycles. The van der Waals surface area contributed by atoms with Gasteiger partial charge < -0.3 is 15.1 Å². The molecule has 1 unspecified atom stereocenters. The summed E-state index contributed by atoms with van der Waals surface area (Å²) in [6.45, 7) is 8.18. The number of nitrogens with one attached hydrogen (secondary N) is 1. The fourth-order valence-corrected chi connectivity index (χ4v) is 3.48. The predicted octanol–water partition coefficient (Wildman–Crippen LogP) is 2.33. The average molecular weight is 259 g/mol. The number of nitrogens with zero attached hydrogens (tertiary/aromatic N) is 2. The second kappa shape index (κ2) is 5.04. The fraction of sp³-hybridized carbons (Fsp3) is 0.625. The first kappa shape index (κ1) is 12.8. The van der Waals surface area contributed by atoms with Crippen molar-refractivity contribution in [2.24, 2.45) is 5.41 Å². The molecule has 1 saturated heterocycles. The van der Waals surface area contributed by atoms with E-state index in [4.69, 9.17) is 0 Å². The van der Waals surface area contributed by atoms with Gasteiger partial charge in [-0.2, -0.15) is 0 Å². The van der Waals surface area contributed by atoms with E-state index >= 15 is 0 Å². The minimum atomic E-state index is 0.475. The molecule has 1 aromatic carbocycles. The number of benzene rings is 1. The minimum Gasteiger partial charge on any atom is -0.371 e. The third kappa shape index (κ3) is 2.32. The average Bonchev–Trinajstić information content (AvgIpc) is 2.92. The Hall–Kier alpha value is -1.22. The molecule has 0 bridgehead atoms. The molecule has 2 aliphatic rings. The van der Waals surface area contributed by atoms with Crippen molar-refractivity contribution in [3.63, 3.8) is 0 Å². The summed E-state index contributed by atoms with van der Waals surface area (Å²) < 4.78 is 0.